The SMILES string of the molecule is Cc1ccc(-c2nn(Cc3ccccc3)cc2C(=O)N(C)C(C)C)cc1. The van der Waals surface area contributed by atoms with Gasteiger partial charge in [0.05, 0.1) is 12.1 Å². The highest BCUT2D eigenvalue weighted by molar-refractivity contribution is 5.99. The Bertz CT molecular complexity index is 880. The number of aryl methyl sites for hydroxylation is 1. The van der Waals surface area contributed by atoms with Crippen molar-refractivity contribution in [1.29, 1.82) is 0 Å². The molecule has 0 bridgehead atoms. The van der Waals surface area contributed by atoms with Gasteiger partial charge in [0.25, 0.3) is 5.91 Å². The molecule has 1 heterocycles. The Labute approximate surface area is 155 Å². The molecule has 0 aliphatic heterocycles. The minimum atomic E-state index is -0.00473. The molecule has 0 saturated carbocycles. The number of hydrogen-bond donors (Lipinski definition) is 0. The second kappa shape index (κ2) is 7.56. The summed E-state index contributed by atoms with van der Waals surface area (Å²) in [5.41, 5.74) is 4.67. The van der Waals surface area contributed by atoms with Crippen LogP contribution in [0.4, 0.5) is 0 Å². The molecule has 1 amide bonds. The molecule has 0 saturated heterocycles. The third-order valence-corrected chi connectivity index (χ3v) is 4.60. The predicted molar refractivity (Wildman–Crippen MR) is 105 cm³/mol. The number of carbonyl (C=O) groups excluding carboxylic acids is 1. The largest absolute Gasteiger partial charge is 0.339 e. The molecular formula is C22H25N3O. The summed E-state index contributed by atoms with van der Waals surface area (Å²) in [6.07, 6.45) is 1.86. The van der Waals surface area contributed by atoms with Crippen molar-refractivity contribution in [3.8, 4) is 11.3 Å². The van der Waals surface area contributed by atoms with Crippen molar-refractivity contribution in [1.82, 2.24) is 14.7 Å². The predicted octanol–water partition coefficient (Wildman–Crippen LogP) is 4.39. The van der Waals surface area contributed by atoms with Crippen LogP contribution in [0.25, 0.3) is 11.3 Å². The van der Waals surface area contributed by atoms with E-state index in [1.165, 1.54) is 5.56 Å². The number of nitrogens with zero attached hydrogens (tertiary/aromatic N) is 3. The van der Waals surface area contributed by atoms with Gasteiger partial charge in [-0.1, -0.05) is 60.2 Å². The Balaban J connectivity index is 2.02. The van der Waals surface area contributed by atoms with Crippen molar-refractivity contribution < 1.29 is 4.79 Å². The quantitative estimate of drug-likeness (QED) is 0.687. The number of rotatable bonds is 5. The van der Waals surface area contributed by atoms with Crippen molar-refractivity contribution in [2.45, 2.75) is 33.4 Å². The second-order valence-corrected chi connectivity index (χ2v) is 6.95. The Hall–Kier alpha value is -2.88. The molecule has 0 atom stereocenters. The van der Waals surface area contributed by atoms with E-state index >= 15 is 0 Å². The molecule has 0 unspecified atom stereocenters. The van der Waals surface area contributed by atoms with Gasteiger partial charge in [0.2, 0.25) is 0 Å². The lowest BCUT2D eigenvalue weighted by Gasteiger charge is -2.21. The fraction of sp³-hybridized carbons (Fsp3) is 0.273. The van der Waals surface area contributed by atoms with Gasteiger partial charge in [-0.25, -0.2) is 0 Å². The van der Waals surface area contributed by atoms with Gasteiger partial charge in [-0.15, -0.1) is 0 Å². The minimum absolute atomic E-state index is 0.00473. The molecule has 0 spiro atoms. The average Bonchev–Trinajstić information content (AvgIpc) is 3.05. The van der Waals surface area contributed by atoms with E-state index in [4.69, 9.17) is 5.10 Å². The maximum Gasteiger partial charge on any atom is 0.257 e. The van der Waals surface area contributed by atoms with Gasteiger partial charge in [-0.2, -0.15) is 5.10 Å². The van der Waals surface area contributed by atoms with Crippen LogP contribution in [0.15, 0.2) is 60.8 Å². The third kappa shape index (κ3) is 3.85. The Morgan fingerprint density at radius 1 is 1.08 bits per heavy atom. The van der Waals surface area contributed by atoms with Crippen LogP contribution in [-0.2, 0) is 6.54 Å². The van der Waals surface area contributed by atoms with E-state index in [0.29, 0.717) is 12.1 Å². The Kier molecular flexibility index (Phi) is 5.21. The second-order valence-electron chi connectivity index (χ2n) is 6.95. The van der Waals surface area contributed by atoms with E-state index in [9.17, 15) is 4.79 Å². The van der Waals surface area contributed by atoms with Crippen LogP contribution in [0.3, 0.4) is 0 Å². The summed E-state index contributed by atoms with van der Waals surface area (Å²) in [5, 5.41) is 4.74. The maximum absolute atomic E-state index is 13.0. The molecule has 0 N–H and O–H groups in total. The molecule has 1 aromatic heterocycles. The van der Waals surface area contributed by atoms with Crippen molar-refractivity contribution in [2.75, 3.05) is 7.05 Å². The maximum atomic E-state index is 13.0. The van der Waals surface area contributed by atoms with Crippen LogP contribution in [-0.4, -0.2) is 33.7 Å². The molecule has 26 heavy (non-hydrogen) atoms. The molecule has 2 aromatic carbocycles. The molecule has 134 valence electrons. The highest BCUT2D eigenvalue weighted by Crippen LogP contribution is 2.24. The monoisotopic (exact) mass is 347 g/mol. The van der Waals surface area contributed by atoms with Crippen LogP contribution in [0.1, 0.15) is 35.3 Å². The number of hydrogen-bond acceptors (Lipinski definition) is 2. The first-order chi connectivity index (χ1) is 12.5. The standard InChI is InChI=1S/C22H25N3O/c1-16(2)24(4)22(26)20-15-25(14-18-8-6-5-7-9-18)23-21(20)19-12-10-17(3)11-13-19/h5-13,15-16H,14H2,1-4H3. The number of benzene rings is 2. The topological polar surface area (TPSA) is 38.1 Å². The summed E-state index contributed by atoms with van der Waals surface area (Å²) in [6.45, 7) is 6.71. The van der Waals surface area contributed by atoms with Crippen LogP contribution in [0.5, 0.6) is 0 Å². The summed E-state index contributed by atoms with van der Waals surface area (Å²) in [5.74, 6) is -0.00473. The van der Waals surface area contributed by atoms with Crippen molar-refractivity contribution >= 4 is 5.91 Å². The van der Waals surface area contributed by atoms with Gasteiger partial charge < -0.3 is 4.90 Å². The lowest BCUT2D eigenvalue weighted by atomic mass is 10.1. The van der Waals surface area contributed by atoms with Crippen LogP contribution >= 0.6 is 0 Å². The molecule has 0 aliphatic carbocycles. The van der Waals surface area contributed by atoms with Crippen LogP contribution < -0.4 is 0 Å². The first kappa shape index (κ1) is 17.9. The molecular weight excluding hydrogens is 322 g/mol. The third-order valence-electron chi connectivity index (χ3n) is 4.60. The van der Waals surface area contributed by atoms with E-state index in [1.807, 2.05) is 74.2 Å². The smallest absolute Gasteiger partial charge is 0.257 e. The summed E-state index contributed by atoms with van der Waals surface area (Å²) in [7, 11) is 1.83. The Morgan fingerprint density at radius 2 is 1.73 bits per heavy atom. The fourth-order valence-electron chi connectivity index (χ4n) is 2.78. The number of amides is 1. The number of aromatic nitrogens is 2. The van der Waals surface area contributed by atoms with E-state index in [1.54, 1.807) is 4.90 Å². The zero-order chi connectivity index (χ0) is 18.7. The first-order valence-electron chi connectivity index (χ1n) is 8.91. The summed E-state index contributed by atoms with van der Waals surface area (Å²) < 4.78 is 1.85. The molecule has 3 aromatic rings. The van der Waals surface area contributed by atoms with Gasteiger partial charge in [0, 0.05) is 24.8 Å². The van der Waals surface area contributed by atoms with Crippen molar-refractivity contribution in [3.05, 3.63) is 77.5 Å². The Morgan fingerprint density at radius 3 is 2.35 bits per heavy atom. The van der Waals surface area contributed by atoms with E-state index in [0.717, 1.165) is 16.8 Å². The molecule has 4 nitrogen and oxygen atoms in total. The number of carbonyl (C=O) groups is 1. The van der Waals surface area contributed by atoms with Gasteiger partial charge in [0.15, 0.2) is 0 Å². The van der Waals surface area contributed by atoms with E-state index < -0.39 is 0 Å². The van der Waals surface area contributed by atoms with E-state index in [-0.39, 0.29) is 11.9 Å². The van der Waals surface area contributed by atoms with Crippen molar-refractivity contribution in [2.24, 2.45) is 0 Å². The first-order valence-corrected chi connectivity index (χ1v) is 8.91. The molecule has 0 fully saturated rings. The molecule has 0 radical (unpaired) electrons. The normalized spacial score (nSPS) is 11.0. The lowest BCUT2D eigenvalue weighted by molar-refractivity contribution is 0.0755. The van der Waals surface area contributed by atoms with Gasteiger partial charge in [-0.3, -0.25) is 9.48 Å². The zero-order valence-electron chi connectivity index (χ0n) is 15.8. The zero-order valence-corrected chi connectivity index (χ0v) is 15.8. The molecule has 4 heteroatoms. The lowest BCUT2D eigenvalue weighted by Crippen LogP contribution is -2.33. The van der Waals surface area contributed by atoms with Crippen LogP contribution in [0.2, 0.25) is 0 Å². The average molecular weight is 347 g/mol. The minimum Gasteiger partial charge on any atom is -0.339 e. The summed E-state index contributed by atoms with van der Waals surface area (Å²) >= 11 is 0. The summed E-state index contributed by atoms with van der Waals surface area (Å²) in [4.78, 5) is 14.7. The molecule has 3 rings (SSSR count). The van der Waals surface area contributed by atoms with Gasteiger partial charge >= 0.3 is 0 Å². The van der Waals surface area contributed by atoms with Gasteiger partial charge in [-0.05, 0) is 26.3 Å². The fourth-order valence-corrected chi connectivity index (χ4v) is 2.78. The highest BCUT2D eigenvalue weighted by atomic mass is 16.2. The molecule has 0 aliphatic rings. The highest BCUT2D eigenvalue weighted by Gasteiger charge is 2.22. The van der Waals surface area contributed by atoms with Crippen LogP contribution in [0, 0.1) is 6.92 Å². The van der Waals surface area contributed by atoms with Crippen molar-refractivity contribution in [3.63, 3.8) is 0 Å². The van der Waals surface area contributed by atoms with Gasteiger partial charge in [0.1, 0.15) is 5.69 Å². The summed E-state index contributed by atoms with van der Waals surface area (Å²) in [6, 6.07) is 18.4. The van der Waals surface area contributed by atoms with E-state index in [2.05, 4.69) is 19.1 Å².